The van der Waals surface area contributed by atoms with Crippen LogP contribution in [-0.4, -0.2) is 51.5 Å². The highest BCUT2D eigenvalue weighted by Gasteiger charge is 2.07. The minimum atomic E-state index is -0.771. The van der Waals surface area contributed by atoms with Gasteiger partial charge in [0.1, 0.15) is 6.61 Å². The molecule has 0 heterocycles. The monoisotopic (exact) mass is 179 g/mol. The van der Waals surface area contributed by atoms with Crippen molar-refractivity contribution >= 4 is 0 Å². The SMILES string of the molecule is COCCOC(C[O])OCCO. The van der Waals surface area contributed by atoms with Gasteiger partial charge in [0.15, 0.2) is 6.29 Å². The molecule has 0 amide bonds. The summed E-state index contributed by atoms with van der Waals surface area (Å²) in [7, 11) is 1.55. The lowest BCUT2D eigenvalue weighted by Gasteiger charge is -2.14. The fourth-order valence-corrected chi connectivity index (χ4v) is 0.591. The first-order valence-corrected chi connectivity index (χ1v) is 3.76. The van der Waals surface area contributed by atoms with Gasteiger partial charge in [0.25, 0.3) is 0 Å². The van der Waals surface area contributed by atoms with Crippen molar-refractivity contribution in [3.63, 3.8) is 0 Å². The maximum atomic E-state index is 10.4. The van der Waals surface area contributed by atoms with Gasteiger partial charge in [0, 0.05) is 7.11 Å². The minimum Gasteiger partial charge on any atom is -0.394 e. The van der Waals surface area contributed by atoms with Crippen molar-refractivity contribution < 1.29 is 24.4 Å². The second-order valence-electron chi connectivity index (χ2n) is 2.05. The van der Waals surface area contributed by atoms with Crippen molar-refractivity contribution in [3.05, 3.63) is 0 Å². The summed E-state index contributed by atoms with van der Waals surface area (Å²) in [6.45, 7) is 0.307. The first kappa shape index (κ1) is 11.8. The van der Waals surface area contributed by atoms with Crippen LogP contribution in [0.25, 0.3) is 0 Å². The van der Waals surface area contributed by atoms with E-state index in [0.29, 0.717) is 13.2 Å². The van der Waals surface area contributed by atoms with Crippen LogP contribution in [0.15, 0.2) is 0 Å². The van der Waals surface area contributed by atoms with Crippen LogP contribution in [0.5, 0.6) is 0 Å². The zero-order valence-electron chi connectivity index (χ0n) is 7.19. The summed E-state index contributed by atoms with van der Waals surface area (Å²) in [6.07, 6.45) is -0.771. The molecule has 0 aromatic heterocycles. The Morgan fingerprint density at radius 3 is 2.42 bits per heavy atom. The second kappa shape index (κ2) is 8.89. The molecule has 1 atom stereocenters. The molecule has 1 N–H and O–H groups in total. The van der Waals surface area contributed by atoms with Gasteiger partial charge in [-0.3, -0.25) is 0 Å². The molecule has 0 fully saturated rings. The number of aliphatic hydroxyl groups excluding tert-OH is 1. The molecule has 0 aliphatic heterocycles. The van der Waals surface area contributed by atoms with Crippen LogP contribution in [0, 0.1) is 0 Å². The van der Waals surface area contributed by atoms with E-state index in [2.05, 4.69) is 0 Å². The average molecular weight is 179 g/mol. The Balaban J connectivity index is 3.26. The highest BCUT2D eigenvalue weighted by atomic mass is 16.7. The molecule has 0 saturated carbocycles. The van der Waals surface area contributed by atoms with Gasteiger partial charge in [-0.15, -0.1) is 0 Å². The summed E-state index contributed by atoms with van der Waals surface area (Å²) in [5, 5.41) is 18.7. The lowest BCUT2D eigenvalue weighted by atomic mass is 10.6. The van der Waals surface area contributed by atoms with E-state index in [-0.39, 0.29) is 13.2 Å². The minimum absolute atomic E-state index is 0.107. The van der Waals surface area contributed by atoms with Gasteiger partial charge in [0.05, 0.1) is 26.4 Å². The molecule has 0 bridgehead atoms. The Labute approximate surface area is 71.9 Å². The molecule has 0 aliphatic carbocycles. The quantitative estimate of drug-likeness (QED) is 0.399. The van der Waals surface area contributed by atoms with Crippen molar-refractivity contribution in [2.24, 2.45) is 0 Å². The lowest BCUT2D eigenvalue weighted by molar-refractivity contribution is -0.180. The molecule has 73 valence electrons. The van der Waals surface area contributed by atoms with Crippen molar-refractivity contribution in [3.8, 4) is 0 Å². The lowest BCUT2D eigenvalue weighted by Crippen LogP contribution is -2.24. The molecule has 5 nitrogen and oxygen atoms in total. The highest BCUT2D eigenvalue weighted by Crippen LogP contribution is 1.93. The molecule has 0 spiro atoms. The molecular formula is C7H15O5. The Kier molecular flexibility index (Phi) is 8.74. The molecular weight excluding hydrogens is 164 g/mol. The van der Waals surface area contributed by atoms with E-state index in [1.54, 1.807) is 7.11 Å². The van der Waals surface area contributed by atoms with Crippen molar-refractivity contribution in [2.75, 3.05) is 40.1 Å². The zero-order chi connectivity index (χ0) is 9.23. The predicted octanol–water partition coefficient (Wildman–Crippen LogP) is -0.585. The largest absolute Gasteiger partial charge is 0.394 e. The van der Waals surface area contributed by atoms with Crippen LogP contribution < -0.4 is 0 Å². The smallest absolute Gasteiger partial charge is 0.184 e. The Hall–Kier alpha value is -0.200. The first-order valence-electron chi connectivity index (χ1n) is 3.76. The summed E-state index contributed by atoms with van der Waals surface area (Å²) in [6, 6.07) is 0. The number of hydrogen-bond donors (Lipinski definition) is 1. The van der Waals surface area contributed by atoms with Crippen LogP contribution >= 0.6 is 0 Å². The molecule has 0 rings (SSSR count). The van der Waals surface area contributed by atoms with E-state index in [0.717, 1.165) is 0 Å². The van der Waals surface area contributed by atoms with E-state index in [9.17, 15) is 5.11 Å². The van der Waals surface area contributed by atoms with Crippen molar-refractivity contribution in [2.45, 2.75) is 6.29 Å². The summed E-state index contributed by atoms with van der Waals surface area (Å²) in [5.41, 5.74) is 0. The van der Waals surface area contributed by atoms with E-state index >= 15 is 0 Å². The van der Waals surface area contributed by atoms with Crippen molar-refractivity contribution in [1.29, 1.82) is 0 Å². The third kappa shape index (κ3) is 6.51. The Bertz CT molecular complexity index is 87.9. The maximum absolute atomic E-state index is 10.4. The number of aliphatic hydroxyl groups is 1. The van der Waals surface area contributed by atoms with Crippen LogP contribution in [0.4, 0.5) is 0 Å². The van der Waals surface area contributed by atoms with Crippen LogP contribution in [0.3, 0.4) is 0 Å². The Morgan fingerprint density at radius 2 is 1.92 bits per heavy atom. The van der Waals surface area contributed by atoms with Crippen LogP contribution in [0.2, 0.25) is 0 Å². The number of hydrogen-bond acceptors (Lipinski definition) is 4. The third-order valence-corrected chi connectivity index (χ3v) is 1.12. The van der Waals surface area contributed by atoms with Gasteiger partial charge >= 0.3 is 0 Å². The van der Waals surface area contributed by atoms with E-state index in [1.807, 2.05) is 0 Å². The van der Waals surface area contributed by atoms with E-state index < -0.39 is 12.9 Å². The maximum Gasteiger partial charge on any atom is 0.184 e. The molecule has 1 unspecified atom stereocenters. The number of ether oxygens (including phenoxy) is 3. The van der Waals surface area contributed by atoms with Gasteiger partial charge in [0.2, 0.25) is 0 Å². The second-order valence-corrected chi connectivity index (χ2v) is 2.05. The molecule has 5 heteroatoms. The van der Waals surface area contributed by atoms with Gasteiger partial charge in [-0.1, -0.05) is 0 Å². The number of methoxy groups -OCH3 is 1. The number of rotatable bonds is 8. The zero-order valence-corrected chi connectivity index (χ0v) is 7.19. The summed E-state index contributed by atoms with van der Waals surface area (Å²) in [5.74, 6) is 0. The van der Waals surface area contributed by atoms with Gasteiger partial charge in [-0.05, 0) is 0 Å². The average Bonchev–Trinajstić information content (AvgIpc) is 2.11. The molecule has 0 aromatic rings. The van der Waals surface area contributed by atoms with Crippen molar-refractivity contribution in [1.82, 2.24) is 0 Å². The predicted molar refractivity (Wildman–Crippen MR) is 40.2 cm³/mol. The fraction of sp³-hybridized carbons (Fsp3) is 1.00. The first-order chi connectivity index (χ1) is 5.85. The summed E-state index contributed by atoms with van der Waals surface area (Å²) >= 11 is 0. The molecule has 1 radical (unpaired) electrons. The topological polar surface area (TPSA) is 67.8 Å². The molecule has 0 aromatic carbocycles. The summed E-state index contributed by atoms with van der Waals surface area (Å²) in [4.78, 5) is 0. The van der Waals surface area contributed by atoms with Crippen LogP contribution in [0.1, 0.15) is 0 Å². The van der Waals surface area contributed by atoms with Gasteiger partial charge < -0.3 is 19.3 Å². The highest BCUT2D eigenvalue weighted by molar-refractivity contribution is 4.40. The van der Waals surface area contributed by atoms with Gasteiger partial charge in [-0.2, -0.15) is 0 Å². The molecule has 0 aliphatic rings. The Morgan fingerprint density at radius 1 is 1.25 bits per heavy atom. The fourth-order valence-electron chi connectivity index (χ4n) is 0.591. The van der Waals surface area contributed by atoms with E-state index in [4.69, 9.17) is 19.3 Å². The third-order valence-electron chi connectivity index (χ3n) is 1.12. The van der Waals surface area contributed by atoms with E-state index in [1.165, 1.54) is 0 Å². The summed E-state index contributed by atoms with van der Waals surface area (Å²) < 4.78 is 14.5. The molecule has 12 heavy (non-hydrogen) atoms. The van der Waals surface area contributed by atoms with Crippen LogP contribution in [-0.2, 0) is 19.3 Å². The van der Waals surface area contributed by atoms with Gasteiger partial charge in [-0.25, -0.2) is 5.11 Å². The molecule has 0 saturated heterocycles. The normalized spacial score (nSPS) is 13.2. The standard InChI is InChI=1S/C7H15O5/c1-10-4-5-12-7(6-9)11-3-2-8/h7-8H,2-6H2,1H3.